The number of hydrogen-bond donors (Lipinski definition) is 1. The first-order valence-corrected chi connectivity index (χ1v) is 8.09. The highest BCUT2D eigenvalue weighted by Crippen LogP contribution is 2.39. The van der Waals surface area contributed by atoms with Crippen LogP contribution in [0.2, 0.25) is 0 Å². The van der Waals surface area contributed by atoms with Crippen LogP contribution in [0.5, 0.6) is 0 Å². The molecule has 2 fully saturated rings. The molecular weight excluding hydrogens is 236 g/mol. The Balaban J connectivity index is 2.03. The lowest BCUT2D eigenvalue weighted by molar-refractivity contribution is -0.0748. The molecule has 112 valence electrons. The minimum absolute atomic E-state index is 0.181. The third kappa shape index (κ3) is 3.50. The molecule has 3 nitrogen and oxygen atoms in total. The van der Waals surface area contributed by atoms with Gasteiger partial charge in [-0.25, -0.2) is 0 Å². The van der Waals surface area contributed by atoms with E-state index in [-0.39, 0.29) is 5.54 Å². The summed E-state index contributed by atoms with van der Waals surface area (Å²) >= 11 is 0. The van der Waals surface area contributed by atoms with Gasteiger partial charge in [0.1, 0.15) is 0 Å². The van der Waals surface area contributed by atoms with Crippen LogP contribution in [0.3, 0.4) is 0 Å². The molecule has 2 aliphatic heterocycles. The van der Waals surface area contributed by atoms with E-state index in [1.165, 1.54) is 45.1 Å². The molecule has 0 amide bonds. The zero-order chi connectivity index (χ0) is 13.9. The molecule has 2 aliphatic rings. The minimum Gasteiger partial charge on any atom is -0.383 e. The Morgan fingerprint density at radius 1 is 1.21 bits per heavy atom. The summed E-state index contributed by atoms with van der Waals surface area (Å²) in [6.45, 7) is 8.96. The molecule has 2 unspecified atom stereocenters. The van der Waals surface area contributed by atoms with Gasteiger partial charge in [0, 0.05) is 30.8 Å². The highest BCUT2D eigenvalue weighted by atomic mass is 16.5. The number of rotatable bonds is 6. The minimum atomic E-state index is 0.181. The molecule has 0 radical (unpaired) electrons. The van der Waals surface area contributed by atoms with E-state index >= 15 is 0 Å². The van der Waals surface area contributed by atoms with E-state index in [1.54, 1.807) is 0 Å². The van der Waals surface area contributed by atoms with Crippen LogP contribution in [0.15, 0.2) is 0 Å². The maximum Gasteiger partial charge on any atom is 0.0641 e. The second-order valence-electron chi connectivity index (χ2n) is 7.01. The van der Waals surface area contributed by atoms with Crippen molar-refractivity contribution in [3.63, 3.8) is 0 Å². The van der Waals surface area contributed by atoms with Crippen LogP contribution < -0.4 is 5.32 Å². The molecular formula is C16H32N2O. The monoisotopic (exact) mass is 268 g/mol. The highest BCUT2D eigenvalue weighted by molar-refractivity contribution is 5.00. The van der Waals surface area contributed by atoms with Crippen molar-refractivity contribution in [3.8, 4) is 0 Å². The van der Waals surface area contributed by atoms with E-state index < -0.39 is 0 Å². The van der Waals surface area contributed by atoms with Crippen LogP contribution in [-0.2, 0) is 4.74 Å². The van der Waals surface area contributed by atoms with Crippen LogP contribution >= 0.6 is 0 Å². The van der Waals surface area contributed by atoms with Crippen molar-refractivity contribution in [2.75, 3.05) is 20.3 Å². The normalized spacial score (nSPS) is 32.5. The van der Waals surface area contributed by atoms with Crippen molar-refractivity contribution in [3.05, 3.63) is 0 Å². The van der Waals surface area contributed by atoms with E-state index in [0.717, 1.165) is 24.7 Å². The van der Waals surface area contributed by atoms with Crippen molar-refractivity contribution in [1.29, 1.82) is 0 Å². The van der Waals surface area contributed by atoms with Crippen molar-refractivity contribution >= 4 is 0 Å². The van der Waals surface area contributed by atoms with Gasteiger partial charge in [0.15, 0.2) is 0 Å². The molecule has 0 aromatic rings. The van der Waals surface area contributed by atoms with E-state index in [2.05, 4.69) is 31.0 Å². The zero-order valence-electron chi connectivity index (χ0n) is 13.2. The predicted octanol–water partition coefficient (Wildman–Crippen LogP) is 2.80. The van der Waals surface area contributed by atoms with Gasteiger partial charge < -0.3 is 10.1 Å². The number of nitrogens with one attached hydrogen (secondary N) is 1. The van der Waals surface area contributed by atoms with Crippen molar-refractivity contribution in [2.24, 2.45) is 0 Å². The summed E-state index contributed by atoms with van der Waals surface area (Å²) in [7, 11) is 1.83. The molecule has 0 aromatic heterocycles. The largest absolute Gasteiger partial charge is 0.383 e. The van der Waals surface area contributed by atoms with E-state index in [1.807, 2.05) is 7.11 Å². The highest BCUT2D eigenvalue weighted by Gasteiger charge is 2.44. The van der Waals surface area contributed by atoms with Crippen LogP contribution in [0.1, 0.15) is 59.3 Å². The molecule has 0 aromatic carbocycles. The lowest BCUT2D eigenvalue weighted by Crippen LogP contribution is -2.64. The van der Waals surface area contributed by atoms with Crippen LogP contribution in [0, 0.1) is 0 Å². The lowest BCUT2D eigenvalue weighted by Gasteiger charge is -2.55. The average molecular weight is 268 g/mol. The molecule has 3 heteroatoms. The van der Waals surface area contributed by atoms with Crippen LogP contribution in [-0.4, -0.2) is 48.8 Å². The molecule has 1 N–H and O–H groups in total. The summed E-state index contributed by atoms with van der Waals surface area (Å²) in [5, 5.41) is 3.75. The topological polar surface area (TPSA) is 24.5 Å². The Hall–Kier alpha value is -0.120. The van der Waals surface area contributed by atoms with Gasteiger partial charge in [-0.2, -0.15) is 0 Å². The second kappa shape index (κ2) is 6.55. The number of ether oxygens (including phenoxy) is 1. The predicted molar refractivity (Wildman–Crippen MR) is 80.5 cm³/mol. The van der Waals surface area contributed by atoms with E-state index in [9.17, 15) is 0 Å². The molecule has 2 bridgehead atoms. The van der Waals surface area contributed by atoms with Gasteiger partial charge in [0.25, 0.3) is 0 Å². The number of methoxy groups -OCH3 is 1. The van der Waals surface area contributed by atoms with Gasteiger partial charge in [0.2, 0.25) is 0 Å². The third-order valence-corrected chi connectivity index (χ3v) is 4.85. The maximum absolute atomic E-state index is 5.46. The zero-order valence-corrected chi connectivity index (χ0v) is 13.2. The standard InChI is InChI=1S/C16H32N2O/c1-5-9-17-13-10-14-7-6-8-15(11-13)18(14)16(2,3)12-19-4/h13-15,17H,5-12H2,1-4H3. The van der Waals surface area contributed by atoms with Gasteiger partial charge in [-0.3, -0.25) is 4.90 Å². The first kappa shape index (κ1) is 15.3. The Morgan fingerprint density at radius 2 is 1.84 bits per heavy atom. The second-order valence-corrected chi connectivity index (χ2v) is 7.01. The Labute approximate surface area is 119 Å². The van der Waals surface area contributed by atoms with Gasteiger partial charge in [-0.05, 0) is 52.5 Å². The fraction of sp³-hybridized carbons (Fsp3) is 1.00. The SMILES string of the molecule is CCCNC1CC2CCCC(C1)N2C(C)(C)COC. The van der Waals surface area contributed by atoms with Gasteiger partial charge >= 0.3 is 0 Å². The van der Waals surface area contributed by atoms with Crippen molar-refractivity contribution < 1.29 is 4.74 Å². The number of nitrogens with zero attached hydrogens (tertiary/aromatic N) is 1. The summed E-state index contributed by atoms with van der Waals surface area (Å²) in [6, 6.07) is 2.25. The van der Waals surface area contributed by atoms with Crippen molar-refractivity contribution in [2.45, 2.75) is 83.0 Å². The smallest absolute Gasteiger partial charge is 0.0641 e. The molecule has 0 saturated carbocycles. The number of fused-ring (bicyclic) bond motifs is 2. The summed E-state index contributed by atoms with van der Waals surface area (Å²) in [5.74, 6) is 0. The lowest BCUT2D eigenvalue weighted by atomic mass is 9.78. The molecule has 2 rings (SSSR count). The summed E-state index contributed by atoms with van der Waals surface area (Å²) in [5.41, 5.74) is 0.181. The van der Waals surface area contributed by atoms with Gasteiger partial charge in [-0.1, -0.05) is 13.3 Å². The number of piperidine rings is 2. The molecule has 0 aliphatic carbocycles. The molecule has 2 saturated heterocycles. The Morgan fingerprint density at radius 3 is 2.37 bits per heavy atom. The molecule has 0 spiro atoms. The van der Waals surface area contributed by atoms with Crippen LogP contribution in [0.25, 0.3) is 0 Å². The maximum atomic E-state index is 5.46. The van der Waals surface area contributed by atoms with Crippen molar-refractivity contribution in [1.82, 2.24) is 10.2 Å². The quantitative estimate of drug-likeness (QED) is 0.801. The number of hydrogen-bond acceptors (Lipinski definition) is 3. The Kier molecular flexibility index (Phi) is 5.27. The molecule has 19 heavy (non-hydrogen) atoms. The van der Waals surface area contributed by atoms with E-state index in [0.29, 0.717) is 0 Å². The van der Waals surface area contributed by atoms with Crippen LogP contribution in [0.4, 0.5) is 0 Å². The molecule has 2 heterocycles. The fourth-order valence-corrected chi connectivity index (χ4v) is 4.31. The first-order chi connectivity index (χ1) is 9.08. The first-order valence-electron chi connectivity index (χ1n) is 8.09. The van der Waals surface area contributed by atoms with E-state index in [4.69, 9.17) is 4.74 Å². The molecule has 2 atom stereocenters. The third-order valence-electron chi connectivity index (χ3n) is 4.85. The van der Waals surface area contributed by atoms with Gasteiger partial charge in [0.05, 0.1) is 6.61 Å². The Bertz CT molecular complexity index is 266. The summed E-state index contributed by atoms with van der Waals surface area (Å²) in [6.07, 6.45) is 8.04. The summed E-state index contributed by atoms with van der Waals surface area (Å²) in [4.78, 5) is 2.78. The fourth-order valence-electron chi connectivity index (χ4n) is 4.31. The average Bonchev–Trinajstić information content (AvgIpc) is 2.35. The van der Waals surface area contributed by atoms with Gasteiger partial charge in [-0.15, -0.1) is 0 Å². The summed E-state index contributed by atoms with van der Waals surface area (Å²) < 4.78 is 5.46.